The Bertz CT molecular complexity index is 1320. The molecule has 6 heteroatoms. The van der Waals surface area contributed by atoms with E-state index in [9.17, 15) is 9.59 Å². The van der Waals surface area contributed by atoms with Crippen LogP contribution in [0.1, 0.15) is 29.2 Å². The third-order valence-electron chi connectivity index (χ3n) is 5.40. The summed E-state index contributed by atoms with van der Waals surface area (Å²) in [7, 11) is 0. The fourth-order valence-electron chi connectivity index (χ4n) is 3.88. The van der Waals surface area contributed by atoms with Gasteiger partial charge in [0.15, 0.2) is 0 Å². The van der Waals surface area contributed by atoms with Crippen LogP contribution in [-0.4, -0.2) is 18.4 Å². The van der Waals surface area contributed by atoms with Gasteiger partial charge in [-0.25, -0.2) is 4.90 Å². The number of nitriles is 1. The molecule has 0 aromatic heterocycles. The third-order valence-corrected chi connectivity index (χ3v) is 5.40. The molecule has 1 aliphatic heterocycles. The van der Waals surface area contributed by atoms with Crippen LogP contribution in [0.4, 0.5) is 11.4 Å². The lowest BCUT2D eigenvalue weighted by Gasteiger charge is -2.15. The van der Waals surface area contributed by atoms with Crippen LogP contribution < -0.4 is 15.0 Å². The molecule has 0 saturated heterocycles. The molecule has 0 bridgehead atoms. The number of ether oxygens (including phenoxy) is 1. The van der Waals surface area contributed by atoms with Gasteiger partial charge in [-0.05, 0) is 68.3 Å². The molecule has 1 heterocycles. The number of aryl methyl sites for hydroxylation is 2. The fourth-order valence-corrected chi connectivity index (χ4v) is 3.88. The minimum absolute atomic E-state index is 0.199. The molecule has 3 aromatic carbocycles. The lowest BCUT2D eigenvalue weighted by molar-refractivity contribution is -0.120. The number of anilines is 2. The Kier molecular flexibility index (Phi) is 5.97. The minimum atomic E-state index is -0.457. The van der Waals surface area contributed by atoms with Crippen LogP contribution in [-0.2, 0) is 9.59 Å². The number of carbonyl (C=O) groups excluding carboxylic acids is 2. The summed E-state index contributed by atoms with van der Waals surface area (Å²) in [5.41, 5.74) is 4.66. The largest absolute Gasteiger partial charge is 0.494 e. The number of hydrogen-bond donors (Lipinski definition) is 1. The highest BCUT2D eigenvalue weighted by molar-refractivity contribution is 6.46. The van der Waals surface area contributed by atoms with Crippen LogP contribution in [0.15, 0.2) is 72.4 Å². The summed E-state index contributed by atoms with van der Waals surface area (Å²) >= 11 is 0. The van der Waals surface area contributed by atoms with Crippen LogP contribution in [0.25, 0.3) is 5.57 Å². The van der Waals surface area contributed by atoms with E-state index in [0.717, 1.165) is 16.0 Å². The first-order chi connectivity index (χ1) is 15.9. The number of rotatable bonds is 6. The van der Waals surface area contributed by atoms with Crippen molar-refractivity contribution in [3.8, 4) is 11.8 Å². The highest BCUT2D eigenvalue weighted by Gasteiger charge is 2.40. The predicted molar refractivity (Wildman–Crippen MR) is 128 cm³/mol. The highest BCUT2D eigenvalue weighted by Crippen LogP contribution is 2.35. The average molecular weight is 437 g/mol. The molecule has 0 saturated carbocycles. The standard InChI is InChI=1S/C27H23N3O3/c1-4-33-22-7-5-6-20(15-22)29-25-24(23-13-8-17(2)14-18(23)3)26(31)30(27(25)32)21-11-9-19(16-28)10-12-21/h5-15,29H,4H2,1-3H3. The smallest absolute Gasteiger partial charge is 0.282 e. The molecule has 6 nitrogen and oxygen atoms in total. The second kappa shape index (κ2) is 9.01. The van der Waals surface area contributed by atoms with Gasteiger partial charge in [0.1, 0.15) is 11.4 Å². The monoisotopic (exact) mass is 437 g/mol. The van der Waals surface area contributed by atoms with Crippen molar-refractivity contribution in [1.29, 1.82) is 5.26 Å². The fraction of sp³-hybridized carbons (Fsp3) is 0.148. The molecule has 0 atom stereocenters. The Morgan fingerprint density at radius 2 is 1.73 bits per heavy atom. The van der Waals surface area contributed by atoms with E-state index in [2.05, 4.69) is 5.32 Å². The van der Waals surface area contributed by atoms with Gasteiger partial charge < -0.3 is 10.1 Å². The van der Waals surface area contributed by atoms with E-state index < -0.39 is 11.8 Å². The van der Waals surface area contributed by atoms with Crippen LogP contribution in [0.2, 0.25) is 0 Å². The normalized spacial score (nSPS) is 13.3. The van der Waals surface area contributed by atoms with E-state index in [1.54, 1.807) is 30.3 Å². The van der Waals surface area contributed by atoms with Crippen LogP contribution in [0, 0.1) is 25.2 Å². The van der Waals surface area contributed by atoms with Crippen LogP contribution in [0.5, 0.6) is 5.75 Å². The Balaban J connectivity index is 1.82. The number of hydrogen-bond acceptors (Lipinski definition) is 5. The van der Waals surface area contributed by atoms with Crippen LogP contribution in [0.3, 0.4) is 0 Å². The van der Waals surface area contributed by atoms with Crippen LogP contribution >= 0.6 is 0 Å². The maximum atomic E-state index is 13.6. The molecule has 1 aliphatic rings. The number of nitrogens with one attached hydrogen (secondary N) is 1. The summed E-state index contributed by atoms with van der Waals surface area (Å²) in [5, 5.41) is 12.3. The molecule has 0 spiro atoms. The summed E-state index contributed by atoms with van der Waals surface area (Å²) in [6, 6.07) is 21.5. The molecule has 2 amide bonds. The van der Waals surface area contributed by atoms with Gasteiger partial charge in [0, 0.05) is 11.8 Å². The van der Waals surface area contributed by atoms with Gasteiger partial charge in [0.2, 0.25) is 0 Å². The topological polar surface area (TPSA) is 82.4 Å². The molecule has 3 aromatic rings. The number of benzene rings is 3. The van der Waals surface area contributed by atoms with Crippen molar-refractivity contribution in [3.63, 3.8) is 0 Å². The molecule has 0 fully saturated rings. The Morgan fingerprint density at radius 1 is 0.970 bits per heavy atom. The first-order valence-electron chi connectivity index (χ1n) is 10.6. The van der Waals surface area contributed by atoms with Gasteiger partial charge in [0.25, 0.3) is 11.8 Å². The molecule has 164 valence electrons. The Hall–Kier alpha value is -4.37. The Labute approximate surface area is 192 Å². The van der Waals surface area contributed by atoms with Gasteiger partial charge >= 0.3 is 0 Å². The minimum Gasteiger partial charge on any atom is -0.494 e. The molecule has 0 radical (unpaired) electrons. The summed E-state index contributed by atoms with van der Waals surface area (Å²) in [6.07, 6.45) is 0. The van der Waals surface area contributed by atoms with E-state index in [-0.39, 0.29) is 5.70 Å². The quantitative estimate of drug-likeness (QED) is 0.551. The van der Waals surface area contributed by atoms with Gasteiger partial charge in [-0.2, -0.15) is 5.26 Å². The zero-order valence-electron chi connectivity index (χ0n) is 18.7. The molecule has 0 unspecified atom stereocenters. The van der Waals surface area contributed by atoms with Crippen molar-refractivity contribution in [2.75, 3.05) is 16.8 Å². The van der Waals surface area contributed by atoms with E-state index in [0.29, 0.717) is 40.4 Å². The van der Waals surface area contributed by atoms with Gasteiger partial charge in [0.05, 0.1) is 29.5 Å². The second-order valence-electron chi connectivity index (χ2n) is 7.76. The summed E-state index contributed by atoms with van der Waals surface area (Å²) < 4.78 is 5.57. The predicted octanol–water partition coefficient (Wildman–Crippen LogP) is 4.97. The highest BCUT2D eigenvalue weighted by atomic mass is 16.5. The number of amides is 2. The lowest BCUT2D eigenvalue weighted by Crippen LogP contribution is -2.32. The first kappa shape index (κ1) is 21.8. The molecule has 33 heavy (non-hydrogen) atoms. The molecule has 0 aliphatic carbocycles. The van der Waals surface area contributed by atoms with Crippen molar-refractivity contribution in [2.45, 2.75) is 20.8 Å². The van der Waals surface area contributed by atoms with Gasteiger partial charge in [-0.15, -0.1) is 0 Å². The number of imide groups is 1. The summed E-state index contributed by atoms with van der Waals surface area (Å²) in [6.45, 7) is 6.32. The Morgan fingerprint density at radius 3 is 2.39 bits per heavy atom. The van der Waals surface area contributed by atoms with Crippen molar-refractivity contribution in [3.05, 3.63) is 94.7 Å². The van der Waals surface area contributed by atoms with E-state index in [1.165, 1.54) is 0 Å². The lowest BCUT2D eigenvalue weighted by atomic mass is 9.97. The van der Waals surface area contributed by atoms with E-state index >= 15 is 0 Å². The SMILES string of the molecule is CCOc1cccc(NC2=C(c3ccc(C)cc3C)C(=O)N(c3ccc(C#N)cc3)C2=O)c1. The zero-order valence-corrected chi connectivity index (χ0v) is 18.7. The molecule has 1 N–H and O–H groups in total. The van der Waals surface area contributed by atoms with Crippen molar-refractivity contribution in [1.82, 2.24) is 0 Å². The summed E-state index contributed by atoms with van der Waals surface area (Å²) in [4.78, 5) is 28.3. The number of nitrogens with zero attached hydrogens (tertiary/aromatic N) is 2. The average Bonchev–Trinajstić information content (AvgIpc) is 3.04. The van der Waals surface area contributed by atoms with E-state index in [1.807, 2.05) is 63.2 Å². The van der Waals surface area contributed by atoms with Gasteiger partial charge in [-0.1, -0.05) is 29.8 Å². The first-order valence-corrected chi connectivity index (χ1v) is 10.6. The molecule has 4 rings (SSSR count). The van der Waals surface area contributed by atoms with E-state index in [4.69, 9.17) is 10.00 Å². The van der Waals surface area contributed by atoms with Crippen molar-refractivity contribution < 1.29 is 14.3 Å². The van der Waals surface area contributed by atoms with Crippen molar-refractivity contribution in [2.24, 2.45) is 0 Å². The third kappa shape index (κ3) is 4.21. The van der Waals surface area contributed by atoms with Gasteiger partial charge in [-0.3, -0.25) is 9.59 Å². The zero-order chi connectivity index (χ0) is 23.5. The molecular weight excluding hydrogens is 414 g/mol. The molecular formula is C27H23N3O3. The maximum absolute atomic E-state index is 13.6. The summed E-state index contributed by atoms with van der Waals surface area (Å²) in [5.74, 6) is -0.210. The van der Waals surface area contributed by atoms with Crippen molar-refractivity contribution >= 4 is 28.8 Å². The number of carbonyl (C=O) groups is 2. The second-order valence-corrected chi connectivity index (χ2v) is 7.76. The maximum Gasteiger partial charge on any atom is 0.282 e.